The largest absolute Gasteiger partial charge is 0.456 e. The van der Waals surface area contributed by atoms with Crippen molar-refractivity contribution in [2.75, 3.05) is 0 Å². The Morgan fingerprint density at radius 1 is 0.367 bits per heavy atom. The average Bonchev–Trinajstić information content (AvgIpc) is 3.74. The van der Waals surface area contributed by atoms with Gasteiger partial charge in [0, 0.05) is 16.2 Å². The average molecular weight is 757 g/mol. The second kappa shape index (κ2) is 13.0. The minimum absolute atomic E-state index is 0.0634. The number of rotatable bonds is 3. The van der Waals surface area contributed by atoms with Crippen molar-refractivity contribution in [2.24, 2.45) is 0 Å². The summed E-state index contributed by atoms with van der Waals surface area (Å²) in [6.07, 6.45) is 0. The molecule has 0 saturated carbocycles. The molecule has 0 N–H and O–H groups in total. The van der Waals surface area contributed by atoms with Gasteiger partial charge in [0.25, 0.3) is 0 Å². The number of furan rings is 1. The summed E-state index contributed by atoms with van der Waals surface area (Å²) in [6.45, 7) is 4.75. The Balaban J connectivity index is 1.27. The van der Waals surface area contributed by atoms with Gasteiger partial charge in [0.15, 0.2) is 0 Å². The van der Waals surface area contributed by atoms with E-state index in [4.69, 9.17) is 4.42 Å². The first-order chi connectivity index (χ1) is 28.9. The molecule has 0 fully saturated rings. The first-order valence-electron chi connectivity index (χ1n) is 21.5. The van der Waals surface area contributed by atoms with Gasteiger partial charge in [0.05, 0.1) is 0 Å². The Kier molecular flexibility index (Phi) is 8.06. The molecule has 9 aromatic carbocycles. The number of hydrogen-bond acceptors (Lipinski definition) is 1. The zero-order valence-corrected chi connectivity index (χ0v) is 36.5. The first-order valence-corrected chi connectivity index (χ1v) is 21.5. The van der Waals surface area contributed by atoms with E-state index >= 15 is 0 Å². The fraction of sp³-hybridized carbons (Fsp3) is 0.0588. The van der Waals surface area contributed by atoms with Gasteiger partial charge >= 0.3 is 0 Å². The van der Waals surface area contributed by atoms with Gasteiger partial charge in [-0.1, -0.05) is 127 Å². The zero-order chi connectivity index (χ0) is 41.5. The molecule has 0 radical (unpaired) electrons. The third-order valence-electron chi connectivity index (χ3n) is 15.1. The summed E-state index contributed by atoms with van der Waals surface area (Å²) in [6, 6.07) is 45.3. The lowest BCUT2D eigenvalue weighted by molar-refractivity contribution is 0.660. The van der Waals surface area contributed by atoms with Gasteiger partial charge in [0.1, 0.15) is 73.9 Å². The van der Waals surface area contributed by atoms with Crippen LogP contribution in [0.5, 0.6) is 0 Å². The molecular formula is C51H42B8O. The first kappa shape index (κ1) is 37.1. The summed E-state index contributed by atoms with van der Waals surface area (Å²) < 4.78 is 6.75. The van der Waals surface area contributed by atoms with E-state index in [1.54, 1.807) is 0 Å². The summed E-state index contributed by atoms with van der Waals surface area (Å²) in [5, 5.41) is 10.1. The normalized spacial score (nSPS) is 13.2. The van der Waals surface area contributed by atoms with Crippen LogP contribution in [0.2, 0.25) is 0 Å². The van der Waals surface area contributed by atoms with Crippen molar-refractivity contribution in [1.29, 1.82) is 0 Å². The highest BCUT2D eigenvalue weighted by Crippen LogP contribution is 2.50. The summed E-state index contributed by atoms with van der Waals surface area (Å²) in [7, 11) is 18.7. The minimum atomic E-state index is -0.0634. The molecule has 0 unspecified atom stereocenters. The van der Waals surface area contributed by atoms with Gasteiger partial charge in [0.2, 0.25) is 0 Å². The molecule has 0 spiro atoms. The van der Waals surface area contributed by atoms with Crippen LogP contribution in [0.1, 0.15) is 25.0 Å². The van der Waals surface area contributed by atoms with Crippen molar-refractivity contribution in [1.82, 2.24) is 0 Å². The molecule has 9 heteroatoms. The Morgan fingerprint density at radius 2 is 0.883 bits per heavy atom. The van der Waals surface area contributed by atoms with Gasteiger partial charge in [-0.25, -0.2) is 0 Å². The minimum Gasteiger partial charge on any atom is -0.456 e. The lowest BCUT2D eigenvalue weighted by atomic mass is 9.59. The van der Waals surface area contributed by atoms with Crippen molar-refractivity contribution in [2.45, 2.75) is 19.3 Å². The highest BCUT2D eigenvalue weighted by atomic mass is 16.3. The van der Waals surface area contributed by atoms with E-state index in [0.717, 1.165) is 16.6 Å². The van der Waals surface area contributed by atoms with Crippen LogP contribution in [0, 0.1) is 0 Å². The van der Waals surface area contributed by atoms with E-state index in [1.807, 2.05) is 0 Å². The predicted molar refractivity (Wildman–Crippen MR) is 286 cm³/mol. The quantitative estimate of drug-likeness (QED) is 0.189. The van der Waals surface area contributed by atoms with Gasteiger partial charge in [-0.2, -0.15) is 0 Å². The third-order valence-corrected chi connectivity index (χ3v) is 15.1. The monoisotopic (exact) mass is 758 g/mol. The van der Waals surface area contributed by atoms with Crippen LogP contribution in [0.3, 0.4) is 0 Å². The van der Waals surface area contributed by atoms with Gasteiger partial charge < -0.3 is 4.42 Å². The molecule has 0 amide bonds. The maximum absolute atomic E-state index is 6.75. The predicted octanol–water partition coefficient (Wildman–Crippen LogP) is 0.420. The van der Waals surface area contributed by atoms with E-state index in [0.29, 0.717) is 0 Å². The van der Waals surface area contributed by atoms with Crippen molar-refractivity contribution in [3.05, 3.63) is 132 Å². The lowest BCUT2D eigenvalue weighted by Crippen LogP contribution is -2.50. The number of benzene rings is 9. The van der Waals surface area contributed by atoms with E-state index in [1.165, 1.54) is 137 Å². The Hall–Kier alpha value is -5.92. The molecule has 0 atom stereocenters. The molecule has 276 valence electrons. The van der Waals surface area contributed by atoms with Crippen molar-refractivity contribution in [3.63, 3.8) is 0 Å². The third kappa shape index (κ3) is 4.99. The second-order valence-corrected chi connectivity index (χ2v) is 18.2. The van der Waals surface area contributed by atoms with Gasteiger partial charge in [-0.3, -0.25) is 0 Å². The maximum atomic E-state index is 6.75. The zero-order valence-electron chi connectivity index (χ0n) is 36.5. The number of hydrogen-bond donors (Lipinski definition) is 0. The fourth-order valence-electron chi connectivity index (χ4n) is 11.1. The molecule has 11 rings (SSSR count). The lowest BCUT2D eigenvalue weighted by Gasteiger charge is -2.28. The molecule has 1 nitrogen and oxygen atoms in total. The second-order valence-electron chi connectivity index (χ2n) is 18.2. The molecule has 60 heavy (non-hydrogen) atoms. The van der Waals surface area contributed by atoms with Crippen LogP contribution >= 0.6 is 0 Å². The smallest absolute Gasteiger partial charge is 0.139 e. The maximum Gasteiger partial charge on any atom is 0.139 e. The topological polar surface area (TPSA) is 13.1 Å². The Labute approximate surface area is 359 Å². The Bertz CT molecular complexity index is 3480. The summed E-state index contributed by atoms with van der Waals surface area (Å²) in [5.74, 6) is 0. The molecule has 0 aliphatic heterocycles. The van der Waals surface area contributed by atoms with Gasteiger partial charge in [-0.15, -0.1) is 21.9 Å². The van der Waals surface area contributed by atoms with Crippen LogP contribution in [-0.4, -0.2) is 62.8 Å². The molecule has 1 aliphatic carbocycles. The molecule has 10 aromatic rings. The molecule has 0 saturated heterocycles. The standard InChI is InChI=1S/C51H42B8O/c1-51(2)32-15-6-5-13-28(32)29-18-17-26(21-33(29)51)23-11-7-12-27(19-23)36-39-41(45(54)49(58)47(56)43(39)52)38(42-40(36)44(53)48(57)50(59)46(42)55)30-14-8-16-34-37(30)31-20-24-9-3-4-10-25(24)22-35(31)60-34/h3-22H,52-59H2,1-2H3. The molecule has 1 aromatic heterocycles. The van der Waals surface area contributed by atoms with E-state index in [9.17, 15) is 0 Å². The van der Waals surface area contributed by atoms with Gasteiger partial charge in [-0.05, 0) is 118 Å². The summed E-state index contributed by atoms with van der Waals surface area (Å²) in [5.41, 5.74) is 25.8. The van der Waals surface area contributed by atoms with E-state index in [-0.39, 0.29) is 5.41 Å². The SMILES string of the molecule is Bc1c(B)c(B)c2c(-c3cccc4oc5cc6ccccc6cc5c34)c3c(B)c(B)c(B)c(B)c3c(-c3cccc(-c4ccc5c(c4)C(C)(C)c4ccccc4-5)c3)c2c1B. The highest BCUT2D eigenvalue weighted by Gasteiger charge is 2.35. The molecule has 1 aliphatic rings. The van der Waals surface area contributed by atoms with Crippen molar-refractivity contribution >= 4 is 161 Å². The Morgan fingerprint density at radius 3 is 1.55 bits per heavy atom. The molecule has 0 bridgehead atoms. The molecular weight excluding hydrogens is 715 g/mol. The van der Waals surface area contributed by atoms with Crippen molar-refractivity contribution < 1.29 is 4.42 Å². The summed E-state index contributed by atoms with van der Waals surface area (Å²) >= 11 is 0. The van der Waals surface area contributed by atoms with E-state index in [2.05, 4.69) is 198 Å². The van der Waals surface area contributed by atoms with Crippen LogP contribution in [-0.2, 0) is 5.41 Å². The van der Waals surface area contributed by atoms with Crippen LogP contribution in [0.25, 0.3) is 98.8 Å². The van der Waals surface area contributed by atoms with Crippen LogP contribution in [0.4, 0.5) is 0 Å². The highest BCUT2D eigenvalue weighted by molar-refractivity contribution is 6.71. The van der Waals surface area contributed by atoms with E-state index < -0.39 is 0 Å². The molecule has 1 heterocycles. The van der Waals surface area contributed by atoms with Crippen LogP contribution in [0.15, 0.2) is 126 Å². The van der Waals surface area contributed by atoms with Crippen LogP contribution < -0.4 is 43.7 Å². The number of fused-ring (bicyclic) bond motifs is 9. The summed E-state index contributed by atoms with van der Waals surface area (Å²) in [4.78, 5) is 0. The fourth-order valence-corrected chi connectivity index (χ4v) is 11.1. The van der Waals surface area contributed by atoms with Crippen molar-refractivity contribution in [3.8, 4) is 44.5 Å².